The highest BCUT2D eigenvalue weighted by atomic mass is 127. The largest absolute Gasteiger partial charge is 0.416 e. The molecule has 0 fully saturated rings. The molecule has 2 aromatic rings. The Labute approximate surface area is 114 Å². The van der Waals surface area contributed by atoms with Crippen LogP contribution in [0, 0.1) is 3.57 Å². The first-order valence-electron chi connectivity index (χ1n) is 4.83. The van der Waals surface area contributed by atoms with Gasteiger partial charge < -0.3 is 5.73 Å². The van der Waals surface area contributed by atoms with Crippen molar-refractivity contribution in [2.24, 2.45) is 0 Å². The van der Waals surface area contributed by atoms with Crippen LogP contribution < -0.4 is 5.73 Å². The summed E-state index contributed by atoms with van der Waals surface area (Å²) in [5.41, 5.74) is 5.15. The van der Waals surface area contributed by atoms with Crippen LogP contribution in [0.5, 0.6) is 0 Å². The van der Waals surface area contributed by atoms with Gasteiger partial charge in [-0.2, -0.15) is 13.2 Å². The predicted octanol–water partition coefficient (Wildman–Crippen LogP) is 3.35. The summed E-state index contributed by atoms with van der Waals surface area (Å²) >= 11 is 1.95. The number of nitrogen functional groups attached to an aromatic ring is 1. The van der Waals surface area contributed by atoms with Crippen LogP contribution in [0.15, 0.2) is 30.5 Å². The number of hydrogen-bond donors (Lipinski definition) is 1. The van der Waals surface area contributed by atoms with Gasteiger partial charge in [0, 0.05) is 11.8 Å². The predicted molar refractivity (Wildman–Crippen MR) is 69.6 cm³/mol. The zero-order valence-electron chi connectivity index (χ0n) is 8.87. The summed E-state index contributed by atoms with van der Waals surface area (Å²) in [6, 6.07) is 4.83. The third kappa shape index (κ3) is 2.71. The van der Waals surface area contributed by atoms with E-state index in [1.54, 1.807) is 0 Å². The molecule has 3 nitrogen and oxygen atoms in total. The molecule has 0 aliphatic heterocycles. The van der Waals surface area contributed by atoms with Crippen LogP contribution in [0.1, 0.15) is 5.56 Å². The summed E-state index contributed by atoms with van der Waals surface area (Å²) in [7, 11) is 0. The van der Waals surface area contributed by atoms with E-state index in [9.17, 15) is 13.2 Å². The van der Waals surface area contributed by atoms with E-state index in [2.05, 4.69) is 9.97 Å². The van der Waals surface area contributed by atoms with Crippen molar-refractivity contribution in [1.29, 1.82) is 0 Å². The number of nitrogens with zero attached hydrogens (tertiary/aromatic N) is 2. The Hall–Kier alpha value is -1.38. The first-order chi connectivity index (χ1) is 8.38. The molecule has 0 aliphatic carbocycles. The van der Waals surface area contributed by atoms with Crippen molar-refractivity contribution in [3.05, 3.63) is 39.6 Å². The van der Waals surface area contributed by atoms with Crippen molar-refractivity contribution >= 4 is 28.4 Å². The Balaban J connectivity index is 2.48. The van der Waals surface area contributed by atoms with E-state index < -0.39 is 11.7 Å². The van der Waals surface area contributed by atoms with Gasteiger partial charge in [-0.15, -0.1) is 0 Å². The van der Waals surface area contributed by atoms with E-state index in [-0.39, 0.29) is 17.2 Å². The molecule has 0 spiro atoms. The molecule has 0 unspecified atom stereocenters. The third-order valence-electron chi connectivity index (χ3n) is 2.22. The Morgan fingerprint density at radius 3 is 2.56 bits per heavy atom. The second kappa shape index (κ2) is 4.71. The van der Waals surface area contributed by atoms with E-state index in [0.29, 0.717) is 3.57 Å². The Morgan fingerprint density at radius 2 is 1.94 bits per heavy atom. The fourth-order valence-corrected chi connectivity index (χ4v) is 1.61. The fourth-order valence-electron chi connectivity index (χ4n) is 1.35. The lowest BCUT2D eigenvalue weighted by Gasteiger charge is -2.08. The van der Waals surface area contributed by atoms with Crippen molar-refractivity contribution in [1.82, 2.24) is 9.97 Å². The quantitative estimate of drug-likeness (QED) is 0.789. The number of alkyl halides is 3. The molecule has 0 bridgehead atoms. The highest BCUT2D eigenvalue weighted by Gasteiger charge is 2.30. The van der Waals surface area contributed by atoms with Crippen molar-refractivity contribution in [3.8, 4) is 11.4 Å². The third-order valence-corrected chi connectivity index (χ3v) is 3.05. The Bertz CT molecular complexity index is 584. The van der Waals surface area contributed by atoms with Crippen LogP contribution >= 0.6 is 22.6 Å². The summed E-state index contributed by atoms with van der Waals surface area (Å²) in [6.45, 7) is 0. The zero-order valence-corrected chi connectivity index (χ0v) is 11.0. The van der Waals surface area contributed by atoms with Gasteiger partial charge >= 0.3 is 6.18 Å². The SMILES string of the molecule is Nc1nc(-c2cccc(C(F)(F)F)c2)ncc1I. The highest BCUT2D eigenvalue weighted by molar-refractivity contribution is 14.1. The van der Waals surface area contributed by atoms with Gasteiger partial charge in [-0.1, -0.05) is 12.1 Å². The maximum Gasteiger partial charge on any atom is 0.416 e. The van der Waals surface area contributed by atoms with Gasteiger partial charge in [0.2, 0.25) is 0 Å². The summed E-state index contributed by atoms with van der Waals surface area (Å²) in [5.74, 6) is 0.428. The van der Waals surface area contributed by atoms with Gasteiger partial charge in [-0.25, -0.2) is 9.97 Å². The average molecular weight is 365 g/mol. The lowest BCUT2D eigenvalue weighted by molar-refractivity contribution is -0.137. The number of aromatic nitrogens is 2. The molecular formula is C11H7F3IN3. The summed E-state index contributed by atoms with van der Waals surface area (Å²) in [4.78, 5) is 7.92. The summed E-state index contributed by atoms with van der Waals surface area (Å²) < 4.78 is 38.3. The van der Waals surface area contributed by atoms with Crippen LogP contribution in [0.4, 0.5) is 19.0 Å². The molecule has 1 heterocycles. The van der Waals surface area contributed by atoms with Crippen molar-refractivity contribution < 1.29 is 13.2 Å². The van der Waals surface area contributed by atoms with Crippen LogP contribution in [-0.2, 0) is 6.18 Å². The van der Waals surface area contributed by atoms with Gasteiger partial charge in [-0.05, 0) is 34.7 Å². The van der Waals surface area contributed by atoms with Crippen molar-refractivity contribution in [2.45, 2.75) is 6.18 Å². The summed E-state index contributed by atoms with van der Waals surface area (Å²) in [6.07, 6.45) is -2.91. The molecule has 0 atom stereocenters. The van der Waals surface area contributed by atoms with Crippen LogP contribution in [0.3, 0.4) is 0 Å². The fraction of sp³-hybridized carbons (Fsp3) is 0.0909. The molecular weight excluding hydrogens is 358 g/mol. The molecule has 0 saturated heterocycles. The normalized spacial score (nSPS) is 11.6. The first kappa shape index (κ1) is 13.1. The lowest BCUT2D eigenvalue weighted by atomic mass is 10.1. The molecule has 18 heavy (non-hydrogen) atoms. The highest BCUT2D eigenvalue weighted by Crippen LogP contribution is 2.31. The minimum absolute atomic E-state index is 0.180. The number of hydrogen-bond acceptors (Lipinski definition) is 3. The Kier molecular flexibility index (Phi) is 3.42. The molecule has 2 N–H and O–H groups in total. The number of benzene rings is 1. The molecule has 0 aliphatic rings. The molecule has 94 valence electrons. The lowest BCUT2D eigenvalue weighted by Crippen LogP contribution is -2.05. The molecule has 7 heteroatoms. The molecule has 2 rings (SSSR count). The van der Waals surface area contributed by atoms with Gasteiger partial charge in [0.25, 0.3) is 0 Å². The van der Waals surface area contributed by atoms with E-state index in [0.717, 1.165) is 12.1 Å². The van der Waals surface area contributed by atoms with E-state index in [1.807, 2.05) is 22.6 Å². The number of nitrogens with two attached hydrogens (primary N) is 1. The van der Waals surface area contributed by atoms with Crippen LogP contribution in [-0.4, -0.2) is 9.97 Å². The zero-order chi connectivity index (χ0) is 13.3. The molecule has 0 saturated carbocycles. The maximum absolute atomic E-state index is 12.6. The van der Waals surface area contributed by atoms with Gasteiger partial charge in [0.1, 0.15) is 5.82 Å². The molecule has 0 radical (unpaired) electrons. The number of anilines is 1. The summed E-state index contributed by atoms with van der Waals surface area (Å²) in [5, 5.41) is 0. The minimum Gasteiger partial charge on any atom is -0.383 e. The minimum atomic E-state index is -4.38. The average Bonchev–Trinajstić information content (AvgIpc) is 2.32. The topological polar surface area (TPSA) is 51.8 Å². The van der Waals surface area contributed by atoms with E-state index in [1.165, 1.54) is 18.3 Å². The van der Waals surface area contributed by atoms with Gasteiger partial charge in [-0.3, -0.25) is 0 Å². The standard InChI is InChI=1S/C11H7F3IN3/c12-11(13,14)7-3-1-2-6(4-7)10-17-5-8(15)9(16)18-10/h1-5H,(H2,16,17,18). The molecule has 1 aromatic heterocycles. The van der Waals surface area contributed by atoms with Crippen molar-refractivity contribution in [3.63, 3.8) is 0 Å². The van der Waals surface area contributed by atoms with E-state index in [4.69, 9.17) is 5.73 Å². The smallest absolute Gasteiger partial charge is 0.383 e. The van der Waals surface area contributed by atoms with Crippen molar-refractivity contribution in [2.75, 3.05) is 5.73 Å². The second-order valence-electron chi connectivity index (χ2n) is 3.51. The maximum atomic E-state index is 12.6. The number of halogens is 4. The van der Waals surface area contributed by atoms with Gasteiger partial charge in [0.15, 0.2) is 5.82 Å². The number of rotatable bonds is 1. The molecule has 0 amide bonds. The first-order valence-corrected chi connectivity index (χ1v) is 5.91. The van der Waals surface area contributed by atoms with Crippen LogP contribution in [0.25, 0.3) is 11.4 Å². The van der Waals surface area contributed by atoms with Gasteiger partial charge in [0.05, 0.1) is 9.13 Å². The monoisotopic (exact) mass is 365 g/mol. The molecule has 1 aromatic carbocycles. The Morgan fingerprint density at radius 1 is 1.22 bits per heavy atom. The van der Waals surface area contributed by atoms with Crippen LogP contribution in [0.2, 0.25) is 0 Å². The van der Waals surface area contributed by atoms with E-state index >= 15 is 0 Å². The second-order valence-corrected chi connectivity index (χ2v) is 4.67.